The first-order chi connectivity index (χ1) is 11.2. The largest absolute Gasteiger partial charge is 0.416 e. The highest BCUT2D eigenvalue weighted by atomic mass is 19.4. The molecule has 0 spiro atoms. The van der Waals surface area contributed by atoms with Gasteiger partial charge in [-0.15, -0.1) is 0 Å². The zero-order chi connectivity index (χ0) is 17.9. The molecule has 6 heteroatoms. The molecule has 0 radical (unpaired) electrons. The van der Waals surface area contributed by atoms with Crippen LogP contribution < -0.4 is 0 Å². The smallest absolute Gasteiger partial charge is 0.342 e. The normalized spacial score (nSPS) is 21.8. The second kappa shape index (κ2) is 7.55. The molecular formula is C18H25F3N2O. The number of likely N-dealkylation sites (N-methyl/N-ethyl adjacent to an activating group) is 2. The third-order valence-corrected chi connectivity index (χ3v) is 4.72. The van der Waals surface area contributed by atoms with Gasteiger partial charge in [-0.2, -0.15) is 13.2 Å². The number of benzene rings is 1. The number of hydrogen-bond acceptors (Lipinski definition) is 2. The minimum atomic E-state index is -4.32. The summed E-state index contributed by atoms with van der Waals surface area (Å²) in [6.07, 6.45) is -0.899. The number of hydrogen-bond donors (Lipinski definition) is 0. The average Bonchev–Trinajstić information content (AvgIpc) is 2.53. The van der Waals surface area contributed by atoms with Crippen molar-refractivity contribution in [2.24, 2.45) is 0 Å². The number of halogens is 3. The van der Waals surface area contributed by atoms with Gasteiger partial charge in [0, 0.05) is 13.1 Å². The van der Waals surface area contributed by atoms with Crippen LogP contribution >= 0.6 is 0 Å². The van der Waals surface area contributed by atoms with Crippen molar-refractivity contribution in [3.8, 4) is 0 Å². The molecule has 0 heterocycles. The molecule has 3 nitrogen and oxygen atoms in total. The standard InChI is InChI=1S/C18H25F3N2O/c1-22(2)12-17(24)23(3)16-9-5-7-14(11-16)13-6-4-8-15(10-13)18(19,20)21/h4,6,8,10,14,16H,5,7,9,11-12H2,1-3H3/t14-,16?/m0/s1. The van der Waals surface area contributed by atoms with Gasteiger partial charge in [0.2, 0.25) is 5.91 Å². The van der Waals surface area contributed by atoms with Gasteiger partial charge in [0.25, 0.3) is 0 Å². The molecular weight excluding hydrogens is 317 g/mol. The van der Waals surface area contributed by atoms with E-state index in [9.17, 15) is 18.0 Å². The Morgan fingerprint density at radius 2 is 1.92 bits per heavy atom. The van der Waals surface area contributed by atoms with Crippen LogP contribution in [0.1, 0.15) is 42.7 Å². The lowest BCUT2D eigenvalue weighted by Gasteiger charge is -2.36. The Morgan fingerprint density at radius 3 is 2.54 bits per heavy atom. The topological polar surface area (TPSA) is 23.6 Å². The first-order valence-electron chi connectivity index (χ1n) is 8.26. The van der Waals surface area contributed by atoms with Gasteiger partial charge in [0.15, 0.2) is 0 Å². The summed E-state index contributed by atoms with van der Waals surface area (Å²) in [5, 5.41) is 0. The molecule has 0 saturated heterocycles. The molecule has 1 aromatic carbocycles. The van der Waals surface area contributed by atoms with Crippen molar-refractivity contribution in [3.63, 3.8) is 0 Å². The molecule has 1 aliphatic rings. The first-order valence-corrected chi connectivity index (χ1v) is 8.26. The van der Waals surface area contributed by atoms with Crippen LogP contribution in [-0.2, 0) is 11.0 Å². The number of carbonyl (C=O) groups is 1. The van der Waals surface area contributed by atoms with E-state index in [-0.39, 0.29) is 17.9 Å². The van der Waals surface area contributed by atoms with Crippen LogP contribution in [0.4, 0.5) is 13.2 Å². The maximum absolute atomic E-state index is 12.9. The summed E-state index contributed by atoms with van der Waals surface area (Å²) < 4.78 is 38.7. The van der Waals surface area contributed by atoms with Crippen LogP contribution in [0.3, 0.4) is 0 Å². The van der Waals surface area contributed by atoms with Gasteiger partial charge in [-0.25, -0.2) is 0 Å². The Balaban J connectivity index is 2.09. The summed E-state index contributed by atoms with van der Waals surface area (Å²) in [4.78, 5) is 15.8. The highest BCUT2D eigenvalue weighted by Crippen LogP contribution is 2.37. The zero-order valence-electron chi connectivity index (χ0n) is 14.4. The molecule has 1 saturated carbocycles. The molecule has 0 bridgehead atoms. The van der Waals surface area contributed by atoms with Crippen molar-refractivity contribution in [2.75, 3.05) is 27.7 Å². The Morgan fingerprint density at radius 1 is 1.21 bits per heavy atom. The zero-order valence-corrected chi connectivity index (χ0v) is 14.4. The molecule has 1 fully saturated rings. The summed E-state index contributed by atoms with van der Waals surface area (Å²) in [6.45, 7) is 0.348. The van der Waals surface area contributed by atoms with E-state index in [1.165, 1.54) is 12.1 Å². The third kappa shape index (κ3) is 4.72. The fourth-order valence-corrected chi connectivity index (χ4v) is 3.37. The van der Waals surface area contributed by atoms with Crippen LogP contribution in [0.25, 0.3) is 0 Å². The minimum Gasteiger partial charge on any atom is -0.342 e. The molecule has 0 aromatic heterocycles. The summed E-state index contributed by atoms with van der Waals surface area (Å²) >= 11 is 0. The summed E-state index contributed by atoms with van der Waals surface area (Å²) in [7, 11) is 5.49. The monoisotopic (exact) mass is 342 g/mol. The molecule has 0 N–H and O–H groups in total. The van der Waals surface area contributed by atoms with Gasteiger partial charge < -0.3 is 9.80 Å². The second-order valence-corrected chi connectivity index (χ2v) is 6.88. The lowest BCUT2D eigenvalue weighted by molar-refractivity contribution is -0.137. The van der Waals surface area contributed by atoms with Crippen molar-refractivity contribution in [1.82, 2.24) is 9.80 Å². The Hall–Kier alpha value is -1.56. The SMILES string of the molecule is CN(C)CC(=O)N(C)C1CCC[C@H](c2cccc(C(F)(F)F)c2)C1. The van der Waals surface area contributed by atoms with Crippen LogP contribution in [0, 0.1) is 0 Å². The Kier molecular flexibility index (Phi) is 5.91. The van der Waals surface area contributed by atoms with Crippen molar-refractivity contribution in [3.05, 3.63) is 35.4 Å². The highest BCUT2D eigenvalue weighted by Gasteiger charge is 2.32. The fourth-order valence-electron chi connectivity index (χ4n) is 3.37. The first kappa shape index (κ1) is 18.8. The molecule has 1 aromatic rings. The molecule has 1 amide bonds. The van der Waals surface area contributed by atoms with E-state index in [2.05, 4.69) is 0 Å². The third-order valence-electron chi connectivity index (χ3n) is 4.72. The van der Waals surface area contributed by atoms with Gasteiger partial charge in [0.05, 0.1) is 12.1 Å². The molecule has 134 valence electrons. The summed E-state index contributed by atoms with van der Waals surface area (Å²) in [5.41, 5.74) is 0.127. The van der Waals surface area contributed by atoms with Crippen LogP contribution in [0.15, 0.2) is 24.3 Å². The lowest BCUT2D eigenvalue weighted by atomic mass is 9.80. The maximum Gasteiger partial charge on any atom is 0.416 e. The fraction of sp³-hybridized carbons (Fsp3) is 0.611. The van der Waals surface area contributed by atoms with Gasteiger partial charge in [0.1, 0.15) is 0 Å². The van der Waals surface area contributed by atoms with Gasteiger partial charge >= 0.3 is 6.18 Å². The van der Waals surface area contributed by atoms with Crippen molar-refractivity contribution in [1.29, 1.82) is 0 Å². The number of rotatable bonds is 4. The molecule has 1 unspecified atom stereocenters. The Labute approximate surface area is 141 Å². The van der Waals surface area contributed by atoms with E-state index in [1.54, 1.807) is 18.0 Å². The predicted octanol–water partition coefficient (Wildman–Crippen LogP) is 3.75. The molecule has 2 rings (SSSR count). The number of amides is 1. The van der Waals surface area contributed by atoms with Crippen molar-refractivity contribution >= 4 is 5.91 Å². The maximum atomic E-state index is 12.9. The average molecular weight is 342 g/mol. The van der Waals surface area contributed by atoms with Crippen LogP contribution in [0.2, 0.25) is 0 Å². The number of alkyl halides is 3. The highest BCUT2D eigenvalue weighted by molar-refractivity contribution is 5.78. The van der Waals surface area contributed by atoms with Gasteiger partial charge in [-0.3, -0.25) is 4.79 Å². The number of carbonyl (C=O) groups excluding carboxylic acids is 1. The molecule has 24 heavy (non-hydrogen) atoms. The van der Waals surface area contributed by atoms with Gasteiger partial charge in [-0.05, 0) is 50.9 Å². The van der Waals surface area contributed by atoms with E-state index in [1.807, 2.05) is 19.0 Å². The van der Waals surface area contributed by atoms with Crippen LogP contribution in [-0.4, -0.2) is 49.4 Å². The van der Waals surface area contributed by atoms with Gasteiger partial charge in [-0.1, -0.05) is 24.6 Å². The van der Waals surface area contributed by atoms with Crippen molar-refractivity contribution < 1.29 is 18.0 Å². The lowest BCUT2D eigenvalue weighted by Crippen LogP contribution is -2.43. The van der Waals surface area contributed by atoms with E-state index in [0.717, 1.165) is 37.3 Å². The molecule has 2 atom stereocenters. The van der Waals surface area contributed by atoms with Crippen molar-refractivity contribution in [2.45, 2.75) is 43.8 Å². The van der Waals surface area contributed by atoms with E-state index in [0.29, 0.717) is 6.54 Å². The molecule has 0 aliphatic heterocycles. The Bertz CT molecular complexity index is 572. The minimum absolute atomic E-state index is 0.0506. The quantitative estimate of drug-likeness (QED) is 0.832. The summed E-state index contributed by atoms with van der Waals surface area (Å²) in [6, 6.07) is 5.70. The molecule has 1 aliphatic carbocycles. The van der Waals surface area contributed by atoms with E-state index < -0.39 is 11.7 Å². The van der Waals surface area contributed by atoms with Crippen LogP contribution in [0.5, 0.6) is 0 Å². The summed E-state index contributed by atoms with van der Waals surface area (Å²) in [5.74, 6) is 0.121. The van der Waals surface area contributed by atoms with E-state index in [4.69, 9.17) is 0 Å². The second-order valence-electron chi connectivity index (χ2n) is 6.88. The van der Waals surface area contributed by atoms with E-state index >= 15 is 0 Å². The predicted molar refractivity (Wildman–Crippen MR) is 87.8 cm³/mol. The number of nitrogens with zero attached hydrogens (tertiary/aromatic N) is 2.